The summed E-state index contributed by atoms with van der Waals surface area (Å²) in [6.45, 7) is 6.73. The Bertz CT molecular complexity index is 534. The molecular weight excluding hydrogens is 334 g/mol. The molecule has 0 saturated carbocycles. The van der Waals surface area contributed by atoms with Gasteiger partial charge in [-0.05, 0) is 34.0 Å². The number of fused-ring (bicyclic) bond motifs is 1. The quantitative estimate of drug-likeness (QED) is 0.822. The van der Waals surface area contributed by atoms with Crippen molar-refractivity contribution in [3.8, 4) is 0 Å². The molecule has 0 radical (unpaired) electrons. The number of nitrogens with zero attached hydrogens (tertiary/aromatic N) is 1. The van der Waals surface area contributed by atoms with Crippen LogP contribution in [0.3, 0.4) is 0 Å². The Labute approximate surface area is 134 Å². The van der Waals surface area contributed by atoms with Crippen LogP contribution in [0.4, 0.5) is 11.4 Å². The van der Waals surface area contributed by atoms with Crippen molar-refractivity contribution in [3.63, 3.8) is 0 Å². The molecule has 5 nitrogen and oxygen atoms in total. The summed E-state index contributed by atoms with van der Waals surface area (Å²) in [6, 6.07) is 3.35. The van der Waals surface area contributed by atoms with Crippen LogP contribution in [-0.2, 0) is 9.53 Å². The zero-order chi connectivity index (χ0) is 15.6. The third-order valence-corrected chi connectivity index (χ3v) is 4.12. The summed E-state index contributed by atoms with van der Waals surface area (Å²) in [5.41, 5.74) is 8.57. The first-order chi connectivity index (χ1) is 9.93. The van der Waals surface area contributed by atoms with Crippen LogP contribution in [0.15, 0.2) is 16.6 Å². The molecule has 1 unspecified atom stereocenters. The van der Waals surface area contributed by atoms with Gasteiger partial charge in [-0.15, -0.1) is 0 Å². The van der Waals surface area contributed by atoms with Crippen LogP contribution in [0.5, 0.6) is 0 Å². The summed E-state index contributed by atoms with van der Waals surface area (Å²) < 4.78 is 6.14. The first-order valence-electron chi connectivity index (χ1n) is 7.07. The van der Waals surface area contributed by atoms with Crippen molar-refractivity contribution in [2.45, 2.75) is 19.9 Å². The van der Waals surface area contributed by atoms with Gasteiger partial charge in [0.1, 0.15) is 6.04 Å². The van der Waals surface area contributed by atoms with Gasteiger partial charge in [-0.1, -0.05) is 13.8 Å². The minimum absolute atomic E-state index is 0.152. The first-order valence-corrected chi connectivity index (χ1v) is 7.87. The third kappa shape index (κ3) is 3.56. The zero-order valence-electron chi connectivity index (χ0n) is 12.6. The molecule has 1 amide bonds. The van der Waals surface area contributed by atoms with Gasteiger partial charge in [-0.25, -0.2) is 0 Å². The maximum absolute atomic E-state index is 11.7. The minimum Gasteiger partial charge on any atom is -0.383 e. The summed E-state index contributed by atoms with van der Waals surface area (Å²) in [6.07, 6.45) is 0. The fraction of sp³-hybridized carbons (Fsp3) is 0.533. The van der Waals surface area contributed by atoms with Crippen molar-refractivity contribution in [1.29, 1.82) is 0 Å². The van der Waals surface area contributed by atoms with Gasteiger partial charge in [-0.3, -0.25) is 4.79 Å². The molecule has 0 saturated heterocycles. The van der Waals surface area contributed by atoms with Crippen LogP contribution in [0, 0.1) is 5.92 Å². The number of halogens is 1. The molecule has 1 aromatic rings. The summed E-state index contributed by atoms with van der Waals surface area (Å²) in [7, 11) is 1.70. The topological polar surface area (TPSA) is 67.6 Å². The molecule has 0 aliphatic carbocycles. The van der Waals surface area contributed by atoms with E-state index in [9.17, 15) is 4.79 Å². The van der Waals surface area contributed by atoms with Crippen molar-refractivity contribution >= 4 is 33.2 Å². The van der Waals surface area contributed by atoms with E-state index in [1.807, 2.05) is 12.1 Å². The Morgan fingerprint density at radius 3 is 2.81 bits per heavy atom. The van der Waals surface area contributed by atoms with Crippen LogP contribution >= 0.6 is 15.9 Å². The van der Waals surface area contributed by atoms with Crippen LogP contribution in [0.25, 0.3) is 0 Å². The molecule has 1 aliphatic rings. The van der Waals surface area contributed by atoms with Gasteiger partial charge in [0.15, 0.2) is 0 Å². The summed E-state index contributed by atoms with van der Waals surface area (Å²) in [5, 5.41) is 2.84. The van der Waals surface area contributed by atoms with Crippen molar-refractivity contribution in [2.24, 2.45) is 11.7 Å². The number of carbonyl (C=O) groups excluding carboxylic acids is 1. The number of hydrogen-bond donors (Lipinski definition) is 2. The fourth-order valence-corrected chi connectivity index (χ4v) is 3.10. The molecule has 116 valence electrons. The lowest BCUT2D eigenvalue weighted by Crippen LogP contribution is -2.31. The summed E-state index contributed by atoms with van der Waals surface area (Å²) in [5.74, 6) is 0.375. The SMILES string of the molecule is COCCN(CC(C)C)c1cc2c(cc1Br)C(N)C(=O)N2. The molecule has 6 heteroatoms. The van der Waals surface area contributed by atoms with E-state index in [0.29, 0.717) is 12.5 Å². The predicted molar refractivity (Wildman–Crippen MR) is 88.6 cm³/mol. The molecule has 1 aliphatic heterocycles. The van der Waals surface area contributed by atoms with Gasteiger partial charge in [0, 0.05) is 35.9 Å². The van der Waals surface area contributed by atoms with Gasteiger partial charge in [-0.2, -0.15) is 0 Å². The van der Waals surface area contributed by atoms with E-state index >= 15 is 0 Å². The van der Waals surface area contributed by atoms with Crippen LogP contribution in [-0.4, -0.2) is 32.7 Å². The lowest BCUT2D eigenvalue weighted by Gasteiger charge is -2.28. The van der Waals surface area contributed by atoms with E-state index in [1.165, 1.54) is 0 Å². The van der Waals surface area contributed by atoms with E-state index in [4.69, 9.17) is 10.5 Å². The van der Waals surface area contributed by atoms with E-state index < -0.39 is 6.04 Å². The number of nitrogens with two attached hydrogens (primary N) is 1. The average molecular weight is 356 g/mol. The number of methoxy groups -OCH3 is 1. The van der Waals surface area contributed by atoms with Crippen molar-refractivity contribution in [3.05, 3.63) is 22.2 Å². The summed E-state index contributed by atoms with van der Waals surface area (Å²) in [4.78, 5) is 13.9. The Kier molecular flexibility index (Phi) is 5.24. The standard InChI is InChI=1S/C15H22BrN3O2/c1-9(2)8-19(4-5-21-3)13-7-12-10(6-11(13)16)14(17)15(20)18-12/h6-7,9,14H,4-5,8,17H2,1-3H3,(H,18,20). The number of benzene rings is 1. The Hall–Kier alpha value is -1.11. The second kappa shape index (κ2) is 6.77. The highest BCUT2D eigenvalue weighted by molar-refractivity contribution is 9.10. The van der Waals surface area contributed by atoms with E-state index in [0.717, 1.165) is 34.5 Å². The molecule has 1 atom stereocenters. The maximum atomic E-state index is 11.7. The molecule has 0 aromatic heterocycles. The summed E-state index contributed by atoms with van der Waals surface area (Å²) >= 11 is 3.60. The molecule has 0 bridgehead atoms. The zero-order valence-corrected chi connectivity index (χ0v) is 14.2. The smallest absolute Gasteiger partial charge is 0.245 e. The van der Waals surface area contributed by atoms with Crippen molar-refractivity contribution in [1.82, 2.24) is 0 Å². The number of nitrogens with one attached hydrogen (secondary N) is 1. The molecule has 0 fully saturated rings. The number of amides is 1. The fourth-order valence-electron chi connectivity index (χ4n) is 2.49. The molecule has 0 spiro atoms. The Balaban J connectivity index is 2.33. The lowest BCUT2D eigenvalue weighted by molar-refractivity contribution is -0.116. The molecular formula is C15H22BrN3O2. The highest BCUT2D eigenvalue weighted by Gasteiger charge is 2.29. The van der Waals surface area contributed by atoms with Crippen molar-refractivity contribution < 1.29 is 9.53 Å². The monoisotopic (exact) mass is 355 g/mol. The van der Waals surface area contributed by atoms with E-state index in [1.54, 1.807) is 7.11 Å². The van der Waals surface area contributed by atoms with Crippen LogP contribution in [0.2, 0.25) is 0 Å². The highest BCUT2D eigenvalue weighted by atomic mass is 79.9. The van der Waals surface area contributed by atoms with Gasteiger partial charge in [0.25, 0.3) is 0 Å². The van der Waals surface area contributed by atoms with Gasteiger partial charge in [0.2, 0.25) is 5.91 Å². The first kappa shape index (κ1) is 16.3. The second-order valence-electron chi connectivity index (χ2n) is 5.69. The van der Waals surface area contributed by atoms with E-state index in [2.05, 4.69) is 40.0 Å². The average Bonchev–Trinajstić information content (AvgIpc) is 2.69. The molecule has 3 N–H and O–H groups in total. The van der Waals surface area contributed by atoms with Gasteiger partial charge < -0.3 is 20.7 Å². The van der Waals surface area contributed by atoms with Crippen molar-refractivity contribution in [2.75, 3.05) is 37.0 Å². The third-order valence-electron chi connectivity index (χ3n) is 3.49. The van der Waals surface area contributed by atoms with Gasteiger partial charge >= 0.3 is 0 Å². The largest absolute Gasteiger partial charge is 0.383 e. The molecule has 21 heavy (non-hydrogen) atoms. The minimum atomic E-state index is -0.581. The molecule has 1 aromatic carbocycles. The number of rotatable bonds is 6. The number of carbonyl (C=O) groups is 1. The number of ether oxygens (including phenoxy) is 1. The predicted octanol–water partition coefficient (Wildman–Crippen LogP) is 2.51. The second-order valence-corrected chi connectivity index (χ2v) is 6.54. The highest BCUT2D eigenvalue weighted by Crippen LogP contribution is 2.38. The van der Waals surface area contributed by atoms with E-state index in [-0.39, 0.29) is 5.91 Å². The number of hydrogen-bond acceptors (Lipinski definition) is 4. The Morgan fingerprint density at radius 2 is 2.19 bits per heavy atom. The number of anilines is 2. The molecule has 1 heterocycles. The van der Waals surface area contributed by atoms with Crippen LogP contribution in [0.1, 0.15) is 25.5 Å². The lowest BCUT2D eigenvalue weighted by atomic mass is 10.1. The normalized spacial score (nSPS) is 17.0. The molecule has 2 rings (SSSR count). The van der Waals surface area contributed by atoms with Gasteiger partial charge in [0.05, 0.1) is 12.3 Å². The Morgan fingerprint density at radius 1 is 1.48 bits per heavy atom. The van der Waals surface area contributed by atoms with Crippen LogP contribution < -0.4 is 16.0 Å². The maximum Gasteiger partial charge on any atom is 0.245 e.